The Kier molecular flexibility index (Phi) is 4.91. The van der Waals surface area contributed by atoms with Crippen molar-refractivity contribution in [3.05, 3.63) is 46.5 Å². The number of rotatable bonds is 5. The summed E-state index contributed by atoms with van der Waals surface area (Å²) < 4.78 is 25.6. The Morgan fingerprint density at radius 3 is 2.80 bits per heavy atom. The molecule has 1 N–H and O–H groups in total. The zero-order valence-electron chi connectivity index (χ0n) is 8.14. The smallest absolute Gasteiger partial charge is 0.263 e. The second kappa shape index (κ2) is 5.98. The van der Waals surface area contributed by atoms with Gasteiger partial charge in [-0.15, -0.1) is 0 Å². The molecule has 0 atom stereocenters. The Hall–Kier alpha value is -0.740. The first-order chi connectivity index (χ1) is 7.09. The fraction of sp³-hybridized carbons (Fsp3) is 0.273. The van der Waals surface area contributed by atoms with E-state index in [0.717, 1.165) is 10.0 Å². The Morgan fingerprint density at radius 1 is 1.47 bits per heavy atom. The average molecular weight is 276 g/mol. The van der Waals surface area contributed by atoms with Crippen molar-refractivity contribution in [1.82, 2.24) is 5.32 Å². The van der Waals surface area contributed by atoms with Crippen LogP contribution >= 0.6 is 15.9 Å². The number of nitrogens with one attached hydrogen (secondary N) is 1. The zero-order chi connectivity index (χ0) is 11.3. The summed E-state index contributed by atoms with van der Waals surface area (Å²) in [5, 5.41) is 3.08. The van der Waals surface area contributed by atoms with Gasteiger partial charge in [0.05, 0.1) is 0 Å². The summed E-state index contributed by atoms with van der Waals surface area (Å²) >= 11 is 3.21. The highest BCUT2D eigenvalue weighted by molar-refractivity contribution is 9.11. The Balaban J connectivity index is 2.54. The standard InChI is InChI=1S/C11H12BrF2N/c1-8(12)6-15-7-9-3-2-4-10(5-9)11(13)14/h2-5,11,15H,1,6-7H2. The second-order valence-corrected chi connectivity index (χ2v) is 4.29. The van der Waals surface area contributed by atoms with Crippen molar-refractivity contribution in [2.45, 2.75) is 13.0 Å². The van der Waals surface area contributed by atoms with Crippen LogP contribution in [0.4, 0.5) is 8.78 Å². The molecular weight excluding hydrogens is 264 g/mol. The first-order valence-electron chi connectivity index (χ1n) is 4.50. The van der Waals surface area contributed by atoms with Crippen LogP contribution in [0.25, 0.3) is 0 Å². The third-order valence-corrected chi connectivity index (χ3v) is 2.13. The quantitative estimate of drug-likeness (QED) is 0.866. The third-order valence-electron chi connectivity index (χ3n) is 1.85. The Labute approximate surface area is 96.3 Å². The maximum Gasteiger partial charge on any atom is 0.263 e. The molecule has 0 heterocycles. The van der Waals surface area contributed by atoms with Gasteiger partial charge in [-0.1, -0.05) is 40.7 Å². The van der Waals surface area contributed by atoms with Crippen molar-refractivity contribution >= 4 is 15.9 Å². The molecular formula is C11H12BrF2N. The van der Waals surface area contributed by atoms with Gasteiger partial charge in [-0.25, -0.2) is 8.78 Å². The number of benzene rings is 1. The highest BCUT2D eigenvalue weighted by Gasteiger charge is 2.06. The minimum Gasteiger partial charge on any atom is -0.308 e. The Morgan fingerprint density at radius 2 is 2.20 bits per heavy atom. The van der Waals surface area contributed by atoms with E-state index < -0.39 is 6.43 Å². The van der Waals surface area contributed by atoms with Crippen LogP contribution in [0, 0.1) is 0 Å². The molecule has 15 heavy (non-hydrogen) atoms. The van der Waals surface area contributed by atoms with E-state index in [0.29, 0.717) is 13.1 Å². The highest BCUT2D eigenvalue weighted by Crippen LogP contribution is 2.19. The highest BCUT2D eigenvalue weighted by atomic mass is 79.9. The van der Waals surface area contributed by atoms with Gasteiger partial charge in [-0.05, 0) is 11.6 Å². The summed E-state index contributed by atoms with van der Waals surface area (Å²) in [7, 11) is 0. The molecule has 0 aliphatic heterocycles. The Bertz CT molecular complexity index is 339. The molecule has 1 nitrogen and oxygen atoms in total. The van der Waals surface area contributed by atoms with Crippen LogP contribution < -0.4 is 5.32 Å². The van der Waals surface area contributed by atoms with Crippen LogP contribution in [0.1, 0.15) is 17.6 Å². The molecule has 0 aliphatic carbocycles. The molecule has 0 saturated carbocycles. The average Bonchev–Trinajstić information content (AvgIpc) is 2.17. The molecule has 1 aromatic rings. The van der Waals surface area contributed by atoms with E-state index in [9.17, 15) is 8.78 Å². The fourth-order valence-corrected chi connectivity index (χ4v) is 1.38. The first kappa shape index (κ1) is 12.3. The minimum absolute atomic E-state index is 0.0620. The summed E-state index contributed by atoms with van der Waals surface area (Å²) in [6, 6.07) is 6.39. The van der Waals surface area contributed by atoms with Crippen LogP contribution in [-0.4, -0.2) is 6.54 Å². The minimum atomic E-state index is -2.41. The van der Waals surface area contributed by atoms with Crippen molar-refractivity contribution in [2.24, 2.45) is 0 Å². The lowest BCUT2D eigenvalue weighted by atomic mass is 10.1. The summed E-state index contributed by atoms with van der Waals surface area (Å²) in [6.45, 7) is 4.85. The van der Waals surface area contributed by atoms with Gasteiger partial charge in [0.15, 0.2) is 0 Å². The molecule has 0 aliphatic rings. The van der Waals surface area contributed by atoms with Gasteiger partial charge in [0.25, 0.3) is 6.43 Å². The molecule has 0 aromatic heterocycles. The zero-order valence-corrected chi connectivity index (χ0v) is 9.73. The van der Waals surface area contributed by atoms with E-state index in [2.05, 4.69) is 27.8 Å². The van der Waals surface area contributed by atoms with Crippen molar-refractivity contribution in [3.63, 3.8) is 0 Å². The van der Waals surface area contributed by atoms with Gasteiger partial charge >= 0.3 is 0 Å². The van der Waals surface area contributed by atoms with Crippen molar-refractivity contribution in [2.75, 3.05) is 6.54 Å². The number of hydrogen-bond donors (Lipinski definition) is 1. The van der Waals surface area contributed by atoms with E-state index in [-0.39, 0.29) is 5.56 Å². The van der Waals surface area contributed by atoms with Crippen LogP contribution in [0.2, 0.25) is 0 Å². The maximum absolute atomic E-state index is 12.4. The van der Waals surface area contributed by atoms with Crippen LogP contribution in [0.5, 0.6) is 0 Å². The van der Waals surface area contributed by atoms with E-state index in [1.54, 1.807) is 6.07 Å². The number of halogens is 3. The molecule has 1 aromatic carbocycles. The fourth-order valence-electron chi connectivity index (χ4n) is 1.18. The lowest BCUT2D eigenvalue weighted by Gasteiger charge is -2.05. The van der Waals surface area contributed by atoms with Crippen molar-refractivity contribution in [1.29, 1.82) is 0 Å². The molecule has 0 saturated heterocycles. The number of hydrogen-bond acceptors (Lipinski definition) is 1. The summed E-state index contributed by atoms with van der Waals surface area (Å²) in [4.78, 5) is 0. The molecule has 4 heteroatoms. The normalized spacial score (nSPS) is 10.7. The van der Waals surface area contributed by atoms with E-state index in [1.807, 2.05) is 6.07 Å². The molecule has 0 radical (unpaired) electrons. The molecule has 0 bridgehead atoms. The largest absolute Gasteiger partial charge is 0.308 e. The lowest BCUT2D eigenvalue weighted by Crippen LogP contribution is -2.14. The van der Waals surface area contributed by atoms with Crippen molar-refractivity contribution in [3.8, 4) is 0 Å². The molecule has 1 rings (SSSR count). The van der Waals surface area contributed by atoms with Gasteiger partial charge < -0.3 is 5.32 Å². The summed E-state index contributed by atoms with van der Waals surface area (Å²) in [6.07, 6.45) is -2.41. The lowest BCUT2D eigenvalue weighted by molar-refractivity contribution is 0.151. The van der Waals surface area contributed by atoms with E-state index >= 15 is 0 Å². The van der Waals surface area contributed by atoms with Crippen LogP contribution in [0.3, 0.4) is 0 Å². The van der Waals surface area contributed by atoms with Gasteiger partial charge in [-0.3, -0.25) is 0 Å². The monoisotopic (exact) mass is 275 g/mol. The van der Waals surface area contributed by atoms with E-state index in [1.165, 1.54) is 12.1 Å². The molecule has 82 valence electrons. The van der Waals surface area contributed by atoms with Gasteiger partial charge in [-0.2, -0.15) is 0 Å². The molecule has 0 unspecified atom stereocenters. The number of alkyl halides is 2. The first-order valence-corrected chi connectivity index (χ1v) is 5.30. The summed E-state index contributed by atoms with van der Waals surface area (Å²) in [5.74, 6) is 0. The predicted molar refractivity (Wildman–Crippen MR) is 61.2 cm³/mol. The second-order valence-electron chi connectivity index (χ2n) is 3.17. The molecule has 0 fully saturated rings. The van der Waals surface area contributed by atoms with Gasteiger partial charge in [0, 0.05) is 23.1 Å². The maximum atomic E-state index is 12.4. The SMILES string of the molecule is C=C(Br)CNCc1cccc(C(F)F)c1. The molecule has 0 spiro atoms. The predicted octanol–water partition coefficient (Wildman–Crippen LogP) is 3.62. The van der Waals surface area contributed by atoms with E-state index in [4.69, 9.17) is 0 Å². The topological polar surface area (TPSA) is 12.0 Å². The van der Waals surface area contributed by atoms with Crippen molar-refractivity contribution < 1.29 is 8.78 Å². The van der Waals surface area contributed by atoms with Gasteiger partial charge in [0.1, 0.15) is 0 Å². The van der Waals surface area contributed by atoms with Gasteiger partial charge in [0.2, 0.25) is 0 Å². The van der Waals surface area contributed by atoms with Crippen LogP contribution in [0.15, 0.2) is 35.3 Å². The van der Waals surface area contributed by atoms with Crippen LogP contribution in [-0.2, 0) is 6.54 Å². The molecule has 0 amide bonds. The third kappa shape index (κ3) is 4.53. The summed E-state index contributed by atoms with van der Waals surface area (Å²) in [5.41, 5.74) is 0.911.